The summed E-state index contributed by atoms with van der Waals surface area (Å²) in [5.41, 5.74) is 0.282. The standard InChI is InChI=1S/C15H16N2O2S/c1-11-14(13-9-6-10-20-13)17(19)15(2,16(11)18)12-7-4-3-5-8-12/h3-11,18H,1-2H3/t11-,15+/m1/s1. The maximum Gasteiger partial charge on any atom is 0.274 e. The molecule has 0 amide bonds. The van der Waals surface area contributed by atoms with Gasteiger partial charge in [-0.1, -0.05) is 36.4 Å². The van der Waals surface area contributed by atoms with Crippen LogP contribution in [-0.2, 0) is 5.66 Å². The highest BCUT2D eigenvalue weighted by Gasteiger charge is 2.54. The molecule has 4 nitrogen and oxygen atoms in total. The van der Waals surface area contributed by atoms with Crippen LogP contribution in [-0.4, -0.2) is 26.8 Å². The monoisotopic (exact) mass is 288 g/mol. The molecule has 3 rings (SSSR count). The summed E-state index contributed by atoms with van der Waals surface area (Å²) in [4.78, 5) is 0.895. The number of benzene rings is 1. The fourth-order valence-electron chi connectivity index (χ4n) is 2.72. The van der Waals surface area contributed by atoms with E-state index >= 15 is 0 Å². The van der Waals surface area contributed by atoms with E-state index in [4.69, 9.17) is 0 Å². The molecule has 0 bridgehead atoms. The van der Waals surface area contributed by atoms with Gasteiger partial charge in [-0.25, -0.2) is 0 Å². The molecule has 20 heavy (non-hydrogen) atoms. The molecule has 1 aromatic heterocycles. The first-order valence-electron chi connectivity index (χ1n) is 6.48. The zero-order valence-corrected chi connectivity index (χ0v) is 12.2. The highest BCUT2D eigenvalue weighted by Crippen LogP contribution is 2.36. The minimum absolute atomic E-state index is 0.351. The predicted octanol–water partition coefficient (Wildman–Crippen LogP) is 3.01. The van der Waals surface area contributed by atoms with Crippen molar-refractivity contribution in [2.75, 3.05) is 0 Å². The van der Waals surface area contributed by atoms with E-state index in [-0.39, 0.29) is 6.04 Å². The number of nitrogens with zero attached hydrogens (tertiary/aromatic N) is 2. The van der Waals surface area contributed by atoms with Gasteiger partial charge in [0, 0.05) is 12.5 Å². The molecule has 0 fully saturated rings. The number of hydroxylamine groups is 3. The fourth-order valence-corrected chi connectivity index (χ4v) is 3.56. The lowest BCUT2D eigenvalue weighted by molar-refractivity contribution is -0.595. The van der Waals surface area contributed by atoms with Gasteiger partial charge in [0.05, 0.1) is 4.88 Å². The molecule has 2 heterocycles. The van der Waals surface area contributed by atoms with E-state index in [0.29, 0.717) is 5.71 Å². The SMILES string of the molecule is C[C@@H]1C(c2cccs2)=[N+]([O-])[C@@](C)(c2ccccc2)N1O. The van der Waals surface area contributed by atoms with Crippen LogP contribution >= 0.6 is 11.3 Å². The van der Waals surface area contributed by atoms with Crippen LogP contribution in [0.2, 0.25) is 0 Å². The van der Waals surface area contributed by atoms with Gasteiger partial charge < -0.3 is 10.4 Å². The first kappa shape index (κ1) is 13.3. The summed E-state index contributed by atoms with van der Waals surface area (Å²) in [5.74, 6) is 0. The predicted molar refractivity (Wildman–Crippen MR) is 78.9 cm³/mol. The zero-order chi connectivity index (χ0) is 14.3. The maximum absolute atomic E-state index is 12.8. The van der Waals surface area contributed by atoms with Gasteiger partial charge in [0.2, 0.25) is 5.71 Å². The Morgan fingerprint density at radius 1 is 1.25 bits per heavy atom. The van der Waals surface area contributed by atoms with Crippen molar-refractivity contribution < 1.29 is 9.95 Å². The van der Waals surface area contributed by atoms with Crippen molar-refractivity contribution in [3.8, 4) is 0 Å². The van der Waals surface area contributed by atoms with Crippen LogP contribution in [0.5, 0.6) is 0 Å². The van der Waals surface area contributed by atoms with Crippen LogP contribution in [0.1, 0.15) is 24.3 Å². The molecule has 0 unspecified atom stereocenters. The maximum atomic E-state index is 12.8. The number of thiophene rings is 1. The van der Waals surface area contributed by atoms with E-state index in [1.165, 1.54) is 11.3 Å². The van der Waals surface area contributed by atoms with Gasteiger partial charge in [-0.15, -0.1) is 16.4 Å². The molecule has 0 aliphatic carbocycles. The molecule has 1 aliphatic heterocycles. The fraction of sp³-hybridized carbons (Fsp3) is 0.267. The molecule has 2 aromatic rings. The average molecular weight is 288 g/mol. The van der Waals surface area contributed by atoms with Gasteiger partial charge in [0.1, 0.15) is 6.04 Å². The van der Waals surface area contributed by atoms with Crippen molar-refractivity contribution in [3.63, 3.8) is 0 Å². The molecule has 1 N–H and O–H groups in total. The number of rotatable bonds is 2. The van der Waals surface area contributed by atoms with Crippen molar-refractivity contribution in [1.29, 1.82) is 0 Å². The Labute approximate surface area is 121 Å². The average Bonchev–Trinajstić information content (AvgIpc) is 3.05. The summed E-state index contributed by atoms with van der Waals surface area (Å²) in [7, 11) is 0. The molecule has 5 heteroatoms. The second kappa shape index (κ2) is 4.70. The van der Waals surface area contributed by atoms with Crippen LogP contribution in [0.3, 0.4) is 0 Å². The topological polar surface area (TPSA) is 49.5 Å². The van der Waals surface area contributed by atoms with Crippen molar-refractivity contribution in [2.24, 2.45) is 0 Å². The Balaban J connectivity index is 2.18. The smallest absolute Gasteiger partial charge is 0.274 e. The number of hydrogen-bond acceptors (Lipinski definition) is 4. The van der Waals surface area contributed by atoms with Crippen LogP contribution in [0.15, 0.2) is 47.8 Å². The Hall–Kier alpha value is -1.69. The molecule has 104 valence electrons. The molecular formula is C15H16N2O2S. The Bertz CT molecular complexity index is 639. The van der Waals surface area contributed by atoms with E-state index in [1.807, 2.05) is 54.8 Å². The van der Waals surface area contributed by atoms with Gasteiger partial charge in [-0.2, -0.15) is 4.74 Å². The summed E-state index contributed by atoms with van der Waals surface area (Å²) in [5, 5.41) is 26.4. The highest BCUT2D eigenvalue weighted by atomic mass is 32.1. The summed E-state index contributed by atoms with van der Waals surface area (Å²) in [6.07, 6.45) is 0. The summed E-state index contributed by atoms with van der Waals surface area (Å²) in [6, 6.07) is 12.8. The van der Waals surface area contributed by atoms with Crippen molar-refractivity contribution in [2.45, 2.75) is 25.6 Å². The van der Waals surface area contributed by atoms with Crippen molar-refractivity contribution in [3.05, 3.63) is 63.5 Å². The third-order valence-corrected chi connectivity index (χ3v) is 4.81. The summed E-state index contributed by atoms with van der Waals surface area (Å²) >= 11 is 1.51. The second-order valence-corrected chi connectivity index (χ2v) is 6.01. The molecule has 0 saturated carbocycles. The lowest BCUT2D eigenvalue weighted by Crippen LogP contribution is -2.45. The third-order valence-electron chi connectivity index (χ3n) is 3.92. The van der Waals surface area contributed by atoms with Crippen molar-refractivity contribution >= 4 is 17.0 Å². The molecule has 0 saturated heterocycles. The van der Waals surface area contributed by atoms with Gasteiger partial charge >= 0.3 is 0 Å². The highest BCUT2D eigenvalue weighted by molar-refractivity contribution is 7.12. The third kappa shape index (κ3) is 1.71. The molecule has 1 aromatic carbocycles. The first-order chi connectivity index (χ1) is 9.56. The quantitative estimate of drug-likeness (QED) is 0.682. The normalized spacial score (nSPS) is 27.2. The zero-order valence-electron chi connectivity index (χ0n) is 11.4. The summed E-state index contributed by atoms with van der Waals surface area (Å²) < 4.78 is 0.929. The van der Waals surface area contributed by atoms with Gasteiger partial charge in [0.25, 0.3) is 5.66 Å². The number of hydrogen-bond donors (Lipinski definition) is 1. The molecule has 1 aliphatic rings. The van der Waals surface area contributed by atoms with Crippen LogP contribution in [0.25, 0.3) is 0 Å². The largest absolute Gasteiger partial charge is 0.622 e. The minimum Gasteiger partial charge on any atom is -0.622 e. The van der Waals surface area contributed by atoms with Gasteiger partial charge in [-0.3, -0.25) is 0 Å². The van der Waals surface area contributed by atoms with E-state index in [9.17, 15) is 10.4 Å². The van der Waals surface area contributed by atoms with E-state index in [2.05, 4.69) is 0 Å². The van der Waals surface area contributed by atoms with Crippen molar-refractivity contribution in [1.82, 2.24) is 5.06 Å². The van der Waals surface area contributed by atoms with Crippen LogP contribution in [0, 0.1) is 5.21 Å². The first-order valence-corrected chi connectivity index (χ1v) is 7.36. The molecule has 2 atom stereocenters. The molecule has 0 spiro atoms. The summed E-state index contributed by atoms with van der Waals surface area (Å²) in [6.45, 7) is 3.58. The second-order valence-electron chi connectivity index (χ2n) is 5.06. The Morgan fingerprint density at radius 3 is 2.55 bits per heavy atom. The Kier molecular flexibility index (Phi) is 3.12. The van der Waals surface area contributed by atoms with E-state index < -0.39 is 5.66 Å². The van der Waals surface area contributed by atoms with E-state index in [1.54, 1.807) is 6.92 Å². The van der Waals surface area contributed by atoms with Crippen LogP contribution < -0.4 is 0 Å². The Morgan fingerprint density at radius 2 is 1.95 bits per heavy atom. The molecular weight excluding hydrogens is 272 g/mol. The molecule has 0 radical (unpaired) electrons. The minimum atomic E-state index is -1.10. The lowest BCUT2D eigenvalue weighted by Gasteiger charge is -2.29. The van der Waals surface area contributed by atoms with Crippen LogP contribution in [0.4, 0.5) is 0 Å². The van der Waals surface area contributed by atoms with Gasteiger partial charge in [-0.05, 0) is 18.4 Å². The van der Waals surface area contributed by atoms with E-state index in [0.717, 1.165) is 20.2 Å². The van der Waals surface area contributed by atoms with Gasteiger partial charge in [0.15, 0.2) is 0 Å². The lowest BCUT2D eigenvalue weighted by atomic mass is 10.0.